The van der Waals surface area contributed by atoms with Crippen LogP contribution in [0.4, 0.5) is 18.9 Å². The topological polar surface area (TPSA) is 41.5 Å². The van der Waals surface area contributed by atoms with Crippen LogP contribution in [-0.2, 0) is 4.74 Å². The van der Waals surface area contributed by atoms with Crippen molar-refractivity contribution in [2.24, 2.45) is 5.92 Å². The molecule has 0 bridgehead atoms. The van der Waals surface area contributed by atoms with Crippen molar-refractivity contribution in [1.29, 1.82) is 0 Å². The number of benzene rings is 1. The number of nitrogens with one attached hydrogen (secondary N) is 1. The first-order chi connectivity index (χ1) is 9.08. The molecule has 1 atom stereocenters. The van der Waals surface area contributed by atoms with Crippen molar-refractivity contribution in [3.63, 3.8) is 0 Å². The predicted molar refractivity (Wildman–Crippen MR) is 64.4 cm³/mol. The summed E-state index contributed by atoms with van der Waals surface area (Å²) < 4.78 is 44.2. The van der Waals surface area contributed by atoms with Gasteiger partial charge >= 0.3 is 0 Å². The predicted octanol–water partition coefficient (Wildman–Crippen LogP) is 2.30. The van der Waals surface area contributed by atoms with E-state index in [0.717, 1.165) is 25.0 Å². The van der Waals surface area contributed by atoms with Gasteiger partial charge in [0.05, 0.1) is 18.4 Å². The maximum atomic E-state index is 13.3. The summed E-state index contributed by atoms with van der Waals surface area (Å²) in [5, 5.41) is 12.1. The summed E-state index contributed by atoms with van der Waals surface area (Å²) in [4.78, 5) is 0. The number of ether oxygens (including phenoxy) is 1. The number of aliphatic hydroxyl groups is 1. The highest BCUT2D eigenvalue weighted by Crippen LogP contribution is 2.28. The summed E-state index contributed by atoms with van der Waals surface area (Å²) in [6.45, 7) is 0.762. The number of hydrogen-bond donors (Lipinski definition) is 2. The second-order valence-corrected chi connectivity index (χ2v) is 4.74. The highest BCUT2D eigenvalue weighted by molar-refractivity contribution is 5.45. The average molecular weight is 275 g/mol. The lowest BCUT2D eigenvalue weighted by atomic mass is 10.2. The molecule has 1 aromatic carbocycles. The summed E-state index contributed by atoms with van der Waals surface area (Å²) in [5.74, 6) is -3.45. The van der Waals surface area contributed by atoms with Crippen LogP contribution >= 0.6 is 0 Å². The number of halogens is 3. The standard InChI is InChI=1S/C13H16F3NO2/c14-10-3-4-11(13(16)12(10)15)17-5-9(18)7-19-6-8-1-2-8/h3-4,8-9,17-18H,1-2,5-7H2. The van der Waals surface area contributed by atoms with E-state index < -0.39 is 23.6 Å². The Kier molecular flexibility index (Phi) is 4.66. The Labute approximate surface area is 109 Å². The highest BCUT2D eigenvalue weighted by Gasteiger charge is 2.21. The third-order valence-corrected chi connectivity index (χ3v) is 2.92. The van der Waals surface area contributed by atoms with Crippen LogP contribution in [0.15, 0.2) is 12.1 Å². The Hall–Kier alpha value is -1.27. The van der Waals surface area contributed by atoms with E-state index in [1.54, 1.807) is 0 Å². The second kappa shape index (κ2) is 6.25. The van der Waals surface area contributed by atoms with Crippen LogP contribution in [-0.4, -0.2) is 31.0 Å². The zero-order valence-corrected chi connectivity index (χ0v) is 10.3. The van der Waals surface area contributed by atoms with E-state index in [2.05, 4.69) is 5.32 Å². The molecule has 2 rings (SSSR count). The first kappa shape index (κ1) is 14.1. The Morgan fingerprint density at radius 1 is 1.26 bits per heavy atom. The van der Waals surface area contributed by atoms with Gasteiger partial charge < -0.3 is 15.2 Å². The molecule has 0 saturated heterocycles. The normalized spacial score (nSPS) is 16.4. The van der Waals surface area contributed by atoms with Gasteiger partial charge in [-0.1, -0.05) is 0 Å². The minimum atomic E-state index is -1.52. The van der Waals surface area contributed by atoms with Crippen LogP contribution in [0.25, 0.3) is 0 Å². The van der Waals surface area contributed by atoms with Crippen LogP contribution in [0.5, 0.6) is 0 Å². The number of aliphatic hydroxyl groups excluding tert-OH is 1. The Morgan fingerprint density at radius 3 is 2.68 bits per heavy atom. The van der Waals surface area contributed by atoms with Crippen LogP contribution in [0.2, 0.25) is 0 Å². The van der Waals surface area contributed by atoms with Crippen LogP contribution < -0.4 is 5.32 Å². The molecule has 0 aromatic heterocycles. The lowest BCUT2D eigenvalue weighted by molar-refractivity contribution is 0.0386. The molecular formula is C13H16F3NO2. The molecule has 1 aliphatic rings. The van der Waals surface area contributed by atoms with Gasteiger partial charge in [0.2, 0.25) is 0 Å². The number of anilines is 1. The van der Waals surface area contributed by atoms with Gasteiger partial charge in [0.25, 0.3) is 0 Å². The summed E-state index contributed by atoms with van der Waals surface area (Å²) in [5.41, 5.74) is -0.180. The van der Waals surface area contributed by atoms with Crippen molar-refractivity contribution in [1.82, 2.24) is 0 Å². The second-order valence-electron chi connectivity index (χ2n) is 4.74. The molecule has 106 valence electrons. The molecule has 0 heterocycles. The smallest absolute Gasteiger partial charge is 0.196 e. The molecular weight excluding hydrogens is 259 g/mol. The molecule has 1 aliphatic carbocycles. The molecule has 2 N–H and O–H groups in total. The molecule has 0 spiro atoms. The SMILES string of the molecule is OC(CNc1ccc(F)c(F)c1F)COCC1CC1. The fourth-order valence-electron chi connectivity index (χ4n) is 1.60. The summed E-state index contributed by atoms with van der Waals surface area (Å²) >= 11 is 0. The van der Waals surface area contributed by atoms with Crippen LogP contribution in [0.3, 0.4) is 0 Å². The molecule has 0 amide bonds. The van der Waals surface area contributed by atoms with E-state index in [4.69, 9.17) is 4.74 Å². The maximum Gasteiger partial charge on any atom is 0.196 e. The fourth-order valence-corrected chi connectivity index (χ4v) is 1.60. The molecule has 6 heteroatoms. The average Bonchev–Trinajstić information content (AvgIpc) is 3.19. The van der Waals surface area contributed by atoms with Crippen molar-refractivity contribution in [3.05, 3.63) is 29.6 Å². The molecule has 19 heavy (non-hydrogen) atoms. The Bertz CT molecular complexity index is 438. The van der Waals surface area contributed by atoms with Crippen LogP contribution in [0, 0.1) is 23.4 Å². The minimum absolute atomic E-state index is 0.00661. The summed E-state index contributed by atoms with van der Waals surface area (Å²) in [6, 6.07) is 1.92. The van der Waals surface area contributed by atoms with E-state index >= 15 is 0 Å². The zero-order chi connectivity index (χ0) is 13.8. The first-order valence-corrected chi connectivity index (χ1v) is 6.21. The third kappa shape index (κ3) is 4.11. The summed E-state index contributed by atoms with van der Waals surface area (Å²) in [7, 11) is 0. The number of hydrogen-bond acceptors (Lipinski definition) is 3. The van der Waals surface area contributed by atoms with Gasteiger partial charge in [-0.3, -0.25) is 0 Å². The van der Waals surface area contributed by atoms with Crippen molar-refractivity contribution >= 4 is 5.69 Å². The third-order valence-electron chi connectivity index (χ3n) is 2.92. The monoisotopic (exact) mass is 275 g/mol. The van der Waals surface area contributed by atoms with Crippen molar-refractivity contribution < 1.29 is 23.0 Å². The van der Waals surface area contributed by atoms with Gasteiger partial charge in [-0.15, -0.1) is 0 Å². The Balaban J connectivity index is 1.75. The van der Waals surface area contributed by atoms with Crippen LogP contribution in [0.1, 0.15) is 12.8 Å². The van der Waals surface area contributed by atoms with E-state index in [1.165, 1.54) is 0 Å². The lowest BCUT2D eigenvalue weighted by Gasteiger charge is -2.13. The van der Waals surface area contributed by atoms with E-state index in [-0.39, 0.29) is 18.8 Å². The van der Waals surface area contributed by atoms with E-state index in [1.807, 2.05) is 0 Å². The van der Waals surface area contributed by atoms with Gasteiger partial charge in [-0.25, -0.2) is 13.2 Å². The quantitative estimate of drug-likeness (QED) is 0.750. The van der Waals surface area contributed by atoms with E-state index in [0.29, 0.717) is 12.5 Å². The number of rotatable bonds is 7. The first-order valence-electron chi connectivity index (χ1n) is 6.21. The maximum absolute atomic E-state index is 13.3. The van der Waals surface area contributed by atoms with Crippen molar-refractivity contribution in [2.75, 3.05) is 25.1 Å². The van der Waals surface area contributed by atoms with Crippen molar-refractivity contribution in [2.45, 2.75) is 18.9 Å². The molecule has 0 radical (unpaired) electrons. The van der Waals surface area contributed by atoms with Gasteiger partial charge in [0.1, 0.15) is 0 Å². The molecule has 1 saturated carbocycles. The van der Waals surface area contributed by atoms with Gasteiger partial charge in [0, 0.05) is 13.2 Å². The van der Waals surface area contributed by atoms with E-state index in [9.17, 15) is 18.3 Å². The summed E-state index contributed by atoms with van der Waals surface area (Å²) in [6.07, 6.45) is 1.49. The highest BCUT2D eigenvalue weighted by atomic mass is 19.2. The van der Waals surface area contributed by atoms with Crippen molar-refractivity contribution in [3.8, 4) is 0 Å². The molecule has 0 aliphatic heterocycles. The molecule has 1 fully saturated rings. The van der Waals surface area contributed by atoms with Gasteiger partial charge in [0.15, 0.2) is 17.5 Å². The fraction of sp³-hybridized carbons (Fsp3) is 0.538. The zero-order valence-electron chi connectivity index (χ0n) is 10.3. The molecule has 1 aromatic rings. The lowest BCUT2D eigenvalue weighted by Crippen LogP contribution is -2.25. The largest absolute Gasteiger partial charge is 0.389 e. The molecule has 3 nitrogen and oxygen atoms in total. The Morgan fingerprint density at radius 2 is 2.00 bits per heavy atom. The van der Waals surface area contributed by atoms with Gasteiger partial charge in [-0.05, 0) is 30.9 Å². The van der Waals surface area contributed by atoms with Gasteiger partial charge in [-0.2, -0.15) is 0 Å². The minimum Gasteiger partial charge on any atom is -0.389 e. The molecule has 1 unspecified atom stereocenters.